The number of nitrogens with one attached hydrogen (secondary N) is 2. The second-order valence-corrected chi connectivity index (χ2v) is 6.39. The summed E-state index contributed by atoms with van der Waals surface area (Å²) < 4.78 is 0.973. The molecule has 0 aliphatic rings. The van der Waals surface area contributed by atoms with Crippen molar-refractivity contribution in [2.24, 2.45) is 5.10 Å². The van der Waals surface area contributed by atoms with E-state index in [1.807, 2.05) is 18.2 Å². The molecule has 0 fully saturated rings. The summed E-state index contributed by atoms with van der Waals surface area (Å²) in [5.41, 5.74) is 4.13. The van der Waals surface area contributed by atoms with Gasteiger partial charge < -0.3 is 10.4 Å². The molecule has 0 saturated heterocycles. The first-order valence-electron chi connectivity index (χ1n) is 6.56. The number of halogens is 1. The molecule has 0 bridgehead atoms. The molecular formula is C15H11ClN4OS2. The normalized spacial score (nSPS) is 11.0. The van der Waals surface area contributed by atoms with Crippen LogP contribution in [-0.4, -0.2) is 21.4 Å². The van der Waals surface area contributed by atoms with Gasteiger partial charge in [0, 0.05) is 10.6 Å². The number of fused-ring (bicyclic) bond motifs is 1. The van der Waals surface area contributed by atoms with Crippen molar-refractivity contribution in [1.82, 2.24) is 10.4 Å². The number of nitrogens with zero attached hydrogens (tertiary/aromatic N) is 2. The Kier molecular flexibility index (Phi) is 4.71. The number of benzene rings is 2. The molecule has 1 aromatic heterocycles. The molecule has 0 atom stereocenters. The van der Waals surface area contributed by atoms with E-state index in [-0.39, 0.29) is 5.75 Å². The number of para-hydroxylation sites is 1. The van der Waals surface area contributed by atoms with Gasteiger partial charge in [0.05, 0.1) is 16.4 Å². The number of thiocarbonyl (C=S) groups is 1. The van der Waals surface area contributed by atoms with Crippen molar-refractivity contribution >= 4 is 61.8 Å². The SMILES string of the molecule is Oc1ccccc1/C=N/NC(=S)Nc1nc2ccc(Cl)cc2s1. The molecule has 23 heavy (non-hydrogen) atoms. The van der Waals surface area contributed by atoms with Crippen LogP contribution in [0.3, 0.4) is 0 Å². The van der Waals surface area contributed by atoms with Gasteiger partial charge in [0.2, 0.25) is 0 Å². The van der Waals surface area contributed by atoms with Crippen molar-refractivity contribution in [1.29, 1.82) is 0 Å². The monoisotopic (exact) mass is 362 g/mol. The molecule has 0 spiro atoms. The van der Waals surface area contributed by atoms with Gasteiger partial charge >= 0.3 is 0 Å². The van der Waals surface area contributed by atoms with Crippen molar-refractivity contribution in [3.63, 3.8) is 0 Å². The van der Waals surface area contributed by atoms with Gasteiger partial charge in [0.25, 0.3) is 0 Å². The van der Waals surface area contributed by atoms with Crippen LogP contribution < -0.4 is 10.7 Å². The van der Waals surface area contributed by atoms with Gasteiger partial charge in [-0.05, 0) is 42.5 Å². The highest BCUT2D eigenvalue weighted by molar-refractivity contribution is 7.80. The van der Waals surface area contributed by atoms with E-state index in [1.165, 1.54) is 17.6 Å². The minimum atomic E-state index is 0.153. The molecule has 1 heterocycles. The van der Waals surface area contributed by atoms with Gasteiger partial charge in [-0.3, -0.25) is 5.43 Å². The summed E-state index contributed by atoms with van der Waals surface area (Å²) in [7, 11) is 0. The maximum absolute atomic E-state index is 9.63. The highest BCUT2D eigenvalue weighted by atomic mass is 35.5. The lowest BCUT2D eigenvalue weighted by Gasteiger charge is -2.03. The molecule has 116 valence electrons. The maximum atomic E-state index is 9.63. The largest absolute Gasteiger partial charge is 0.507 e. The molecule has 0 aliphatic heterocycles. The highest BCUT2D eigenvalue weighted by Gasteiger charge is 2.05. The zero-order valence-corrected chi connectivity index (χ0v) is 14.0. The number of phenolic OH excluding ortho intramolecular Hbond substituents is 1. The average molecular weight is 363 g/mol. The third kappa shape index (κ3) is 3.95. The molecule has 8 heteroatoms. The highest BCUT2D eigenvalue weighted by Crippen LogP contribution is 2.28. The number of anilines is 1. The zero-order chi connectivity index (χ0) is 16.2. The number of thiazole rings is 1. The van der Waals surface area contributed by atoms with Gasteiger partial charge in [0.15, 0.2) is 10.2 Å². The second kappa shape index (κ2) is 6.91. The molecule has 0 saturated carbocycles. The van der Waals surface area contributed by atoms with E-state index in [0.717, 1.165) is 10.2 Å². The topological polar surface area (TPSA) is 69.5 Å². The minimum absolute atomic E-state index is 0.153. The van der Waals surface area contributed by atoms with Gasteiger partial charge in [0.1, 0.15) is 5.75 Å². The fourth-order valence-electron chi connectivity index (χ4n) is 1.83. The van der Waals surface area contributed by atoms with Gasteiger partial charge in [-0.25, -0.2) is 4.98 Å². The average Bonchev–Trinajstić information content (AvgIpc) is 2.90. The Balaban J connectivity index is 1.63. The van der Waals surface area contributed by atoms with E-state index in [1.54, 1.807) is 24.3 Å². The maximum Gasteiger partial charge on any atom is 0.193 e. The van der Waals surface area contributed by atoms with E-state index in [2.05, 4.69) is 20.8 Å². The Morgan fingerprint density at radius 2 is 2.13 bits per heavy atom. The first kappa shape index (κ1) is 15.7. The summed E-state index contributed by atoms with van der Waals surface area (Å²) in [6.07, 6.45) is 1.49. The van der Waals surface area contributed by atoms with E-state index in [4.69, 9.17) is 23.8 Å². The van der Waals surface area contributed by atoms with Crippen LogP contribution in [0.1, 0.15) is 5.56 Å². The number of hydrazone groups is 1. The van der Waals surface area contributed by atoms with Crippen LogP contribution in [0, 0.1) is 0 Å². The van der Waals surface area contributed by atoms with Crippen molar-refractivity contribution in [3.05, 3.63) is 53.1 Å². The number of hydrogen-bond donors (Lipinski definition) is 3. The minimum Gasteiger partial charge on any atom is -0.507 e. The zero-order valence-electron chi connectivity index (χ0n) is 11.7. The van der Waals surface area contributed by atoms with Gasteiger partial charge in [-0.1, -0.05) is 35.1 Å². The Labute approximate surface area is 146 Å². The fraction of sp³-hybridized carbons (Fsp3) is 0. The van der Waals surface area contributed by atoms with Crippen LogP contribution in [0.25, 0.3) is 10.2 Å². The Bertz CT molecular complexity index is 894. The van der Waals surface area contributed by atoms with Crippen LogP contribution in [-0.2, 0) is 0 Å². The van der Waals surface area contributed by atoms with Crippen LogP contribution in [0.5, 0.6) is 5.75 Å². The lowest BCUT2D eigenvalue weighted by Crippen LogP contribution is -2.23. The number of hydrogen-bond acceptors (Lipinski definition) is 5. The smallest absolute Gasteiger partial charge is 0.193 e. The number of aromatic hydroxyl groups is 1. The predicted octanol–water partition coefficient (Wildman–Crippen LogP) is 3.98. The Hall–Kier alpha value is -2.22. The number of aromatic nitrogens is 1. The van der Waals surface area contributed by atoms with Crippen LogP contribution >= 0.6 is 35.2 Å². The molecule has 2 aromatic carbocycles. The van der Waals surface area contributed by atoms with Crippen molar-refractivity contribution in [2.75, 3.05) is 5.32 Å². The van der Waals surface area contributed by atoms with Crippen molar-refractivity contribution < 1.29 is 5.11 Å². The predicted molar refractivity (Wildman–Crippen MR) is 99.7 cm³/mol. The summed E-state index contributed by atoms with van der Waals surface area (Å²) in [6, 6.07) is 12.4. The van der Waals surface area contributed by atoms with Crippen LogP contribution in [0.15, 0.2) is 47.6 Å². The molecule has 3 aromatic rings. The third-order valence-corrected chi connectivity index (χ3v) is 4.24. The molecule has 0 radical (unpaired) electrons. The molecule has 3 N–H and O–H groups in total. The first-order valence-corrected chi connectivity index (χ1v) is 8.16. The van der Waals surface area contributed by atoms with Gasteiger partial charge in [-0.2, -0.15) is 5.10 Å². The van der Waals surface area contributed by atoms with Crippen LogP contribution in [0.4, 0.5) is 5.13 Å². The number of phenols is 1. The van der Waals surface area contributed by atoms with E-state index < -0.39 is 0 Å². The standard InChI is InChI=1S/C15H11ClN4OS2/c16-10-5-6-11-13(7-10)23-15(18-11)19-14(22)20-17-8-9-3-1-2-4-12(9)21/h1-8,21H,(H2,18,19,20,22)/b17-8+. The van der Waals surface area contributed by atoms with Gasteiger partial charge in [-0.15, -0.1) is 0 Å². The summed E-state index contributed by atoms with van der Waals surface area (Å²) in [4.78, 5) is 4.40. The molecule has 3 rings (SSSR count). The quantitative estimate of drug-likeness (QED) is 0.373. The van der Waals surface area contributed by atoms with Crippen LogP contribution in [0.2, 0.25) is 5.02 Å². The second-order valence-electron chi connectivity index (χ2n) is 4.51. The molecule has 0 unspecified atom stereocenters. The first-order chi connectivity index (χ1) is 11.1. The van der Waals surface area contributed by atoms with E-state index >= 15 is 0 Å². The summed E-state index contributed by atoms with van der Waals surface area (Å²) in [5, 5.41) is 18.2. The number of rotatable bonds is 3. The Morgan fingerprint density at radius 1 is 1.30 bits per heavy atom. The van der Waals surface area contributed by atoms with E-state index in [0.29, 0.717) is 20.8 Å². The third-order valence-electron chi connectivity index (χ3n) is 2.88. The summed E-state index contributed by atoms with van der Waals surface area (Å²) in [5.74, 6) is 0.153. The Morgan fingerprint density at radius 3 is 2.96 bits per heavy atom. The van der Waals surface area contributed by atoms with Crippen molar-refractivity contribution in [3.8, 4) is 5.75 Å². The van der Waals surface area contributed by atoms with E-state index in [9.17, 15) is 5.11 Å². The molecular weight excluding hydrogens is 352 g/mol. The summed E-state index contributed by atoms with van der Waals surface area (Å²) >= 11 is 12.6. The fourth-order valence-corrected chi connectivity index (χ4v) is 3.19. The molecule has 0 aliphatic carbocycles. The molecule has 0 amide bonds. The van der Waals surface area contributed by atoms with Crippen molar-refractivity contribution in [2.45, 2.75) is 0 Å². The lowest BCUT2D eigenvalue weighted by atomic mass is 10.2. The summed E-state index contributed by atoms with van der Waals surface area (Å²) in [6.45, 7) is 0. The lowest BCUT2D eigenvalue weighted by molar-refractivity contribution is 0.474. The molecule has 5 nitrogen and oxygen atoms in total.